The first-order valence-corrected chi connectivity index (χ1v) is 9.35. The molecule has 0 aliphatic heterocycles. The Balaban J connectivity index is 2.06. The lowest BCUT2D eigenvalue weighted by molar-refractivity contribution is -0.676. The Bertz CT molecular complexity index is 668. The van der Waals surface area contributed by atoms with Crippen LogP contribution in [0.1, 0.15) is 41.8 Å². The van der Waals surface area contributed by atoms with E-state index in [4.69, 9.17) is 0 Å². The van der Waals surface area contributed by atoms with Crippen molar-refractivity contribution in [3.8, 4) is 0 Å². The zero-order valence-electron chi connectivity index (χ0n) is 14.7. The number of benzene rings is 1. The molecule has 0 fully saturated rings. The molecule has 1 aromatic carbocycles. The molecule has 134 valence electrons. The average molecular weight is 361 g/mol. The lowest BCUT2D eigenvalue weighted by atomic mass is 10.0. The maximum atomic E-state index is 11.9. The summed E-state index contributed by atoms with van der Waals surface area (Å²) in [6, 6.07) is 12.7. The van der Waals surface area contributed by atoms with Gasteiger partial charge in [-0.05, 0) is 29.9 Å². The van der Waals surface area contributed by atoms with Gasteiger partial charge in [0.2, 0.25) is 0 Å². The molecule has 0 saturated carbocycles. The van der Waals surface area contributed by atoms with Crippen LogP contribution in [0.15, 0.2) is 41.8 Å². The highest BCUT2D eigenvalue weighted by atomic mass is 32.1. The van der Waals surface area contributed by atoms with E-state index >= 15 is 0 Å². The summed E-state index contributed by atoms with van der Waals surface area (Å²) >= 11 is 1.66. The minimum absolute atomic E-state index is 0.0311. The minimum atomic E-state index is -0.730. The fraction of sp³-hybridized carbons (Fsp3) is 0.368. The summed E-state index contributed by atoms with van der Waals surface area (Å²) in [5, 5.41) is 6.15. The number of carbonyl (C=O) groups excluding carboxylic acids is 2. The number of carbonyl (C=O) groups is 2. The number of alkyl carbamates (subject to hydrolysis) is 1. The second-order valence-electron chi connectivity index (χ2n) is 5.82. The Morgan fingerprint density at radius 2 is 2.00 bits per heavy atom. The van der Waals surface area contributed by atoms with Gasteiger partial charge in [-0.15, -0.1) is 11.3 Å². The molecule has 6 heteroatoms. The summed E-state index contributed by atoms with van der Waals surface area (Å²) in [5.41, 5.74) is 2.48. The van der Waals surface area contributed by atoms with Crippen LogP contribution in [-0.2, 0) is 16.0 Å². The van der Waals surface area contributed by atoms with E-state index in [-0.39, 0.29) is 18.5 Å². The number of rotatable bonds is 8. The Morgan fingerprint density at radius 3 is 2.60 bits per heavy atom. The lowest BCUT2D eigenvalue weighted by Crippen LogP contribution is -2.87. The molecule has 1 atom stereocenters. The van der Waals surface area contributed by atoms with Crippen LogP contribution in [0.2, 0.25) is 0 Å². The van der Waals surface area contributed by atoms with Crippen LogP contribution in [-0.4, -0.2) is 25.7 Å². The molecule has 1 aromatic heterocycles. The molecule has 25 heavy (non-hydrogen) atoms. The number of thiophene rings is 1. The van der Waals surface area contributed by atoms with E-state index in [9.17, 15) is 9.59 Å². The van der Waals surface area contributed by atoms with E-state index in [1.54, 1.807) is 11.3 Å². The first kappa shape index (κ1) is 19.1. The van der Waals surface area contributed by atoms with Gasteiger partial charge in [-0.3, -0.25) is 10.1 Å². The maximum absolute atomic E-state index is 11.9. The Hall–Kier alpha value is -2.18. The summed E-state index contributed by atoms with van der Waals surface area (Å²) in [6.07, 6.45) is 2.73. The average Bonchev–Trinajstić information content (AvgIpc) is 3.15. The number of nitrogens with two attached hydrogens (primary N) is 1. The molecular formula is C19H25N2O3S+. The van der Waals surface area contributed by atoms with Crippen molar-refractivity contribution in [2.75, 3.05) is 13.7 Å². The third-order valence-electron chi connectivity index (χ3n) is 3.97. The monoisotopic (exact) mass is 361 g/mol. The van der Waals surface area contributed by atoms with Crippen LogP contribution < -0.4 is 10.6 Å². The molecule has 0 radical (unpaired) electrons. The second-order valence-corrected chi connectivity index (χ2v) is 6.80. The number of hydrogen-bond donors (Lipinski definition) is 2. The number of ether oxygens (including phenoxy) is 1. The number of imide groups is 1. The van der Waals surface area contributed by atoms with E-state index in [1.165, 1.54) is 30.4 Å². The van der Waals surface area contributed by atoms with Gasteiger partial charge in [0.1, 0.15) is 6.04 Å². The highest BCUT2D eigenvalue weighted by Crippen LogP contribution is 2.23. The number of nitrogens with one attached hydrogen (secondary N) is 1. The largest absolute Gasteiger partial charge is 0.453 e. The van der Waals surface area contributed by atoms with Crippen molar-refractivity contribution < 1.29 is 19.6 Å². The van der Waals surface area contributed by atoms with Gasteiger partial charge in [0.15, 0.2) is 6.54 Å². The van der Waals surface area contributed by atoms with Gasteiger partial charge in [0, 0.05) is 5.56 Å². The standard InChI is InChI=1S/C19H24N2O3S/c1-3-4-6-14-8-10-15(11-9-14)18(16-7-5-12-25-16)20-13-17(22)21-19(23)24-2/h5,7-12,18,20H,3-4,6,13H2,1-2H3,(H,21,22,23)/p+1/t18-/m1/s1. The molecule has 0 spiro atoms. The molecule has 0 aliphatic rings. The molecule has 1 heterocycles. The van der Waals surface area contributed by atoms with Crippen LogP contribution >= 0.6 is 11.3 Å². The summed E-state index contributed by atoms with van der Waals surface area (Å²) < 4.78 is 4.45. The summed E-state index contributed by atoms with van der Waals surface area (Å²) in [6.45, 7) is 2.34. The van der Waals surface area contributed by atoms with E-state index in [1.807, 2.05) is 16.8 Å². The summed E-state index contributed by atoms with van der Waals surface area (Å²) in [5.74, 6) is -0.368. The predicted molar refractivity (Wildman–Crippen MR) is 98.6 cm³/mol. The number of amides is 2. The third-order valence-corrected chi connectivity index (χ3v) is 4.93. The first-order valence-electron chi connectivity index (χ1n) is 8.47. The number of aryl methyl sites for hydroxylation is 1. The van der Waals surface area contributed by atoms with Crippen molar-refractivity contribution in [2.45, 2.75) is 32.2 Å². The van der Waals surface area contributed by atoms with Crippen molar-refractivity contribution in [3.63, 3.8) is 0 Å². The molecule has 2 rings (SSSR count). The summed E-state index contributed by atoms with van der Waals surface area (Å²) in [4.78, 5) is 24.1. The molecule has 0 saturated heterocycles. The Morgan fingerprint density at radius 1 is 1.24 bits per heavy atom. The highest BCUT2D eigenvalue weighted by molar-refractivity contribution is 7.10. The zero-order valence-corrected chi connectivity index (χ0v) is 15.5. The van der Waals surface area contributed by atoms with Gasteiger partial charge in [-0.25, -0.2) is 4.79 Å². The van der Waals surface area contributed by atoms with E-state index in [0.29, 0.717) is 0 Å². The highest BCUT2D eigenvalue weighted by Gasteiger charge is 2.20. The molecule has 2 amide bonds. The fourth-order valence-corrected chi connectivity index (χ4v) is 3.45. The van der Waals surface area contributed by atoms with E-state index in [2.05, 4.69) is 47.3 Å². The van der Waals surface area contributed by atoms with Crippen LogP contribution in [0.25, 0.3) is 0 Å². The second kappa shape index (κ2) is 9.96. The van der Waals surface area contributed by atoms with E-state index < -0.39 is 6.09 Å². The van der Waals surface area contributed by atoms with Crippen LogP contribution in [0, 0.1) is 0 Å². The maximum Gasteiger partial charge on any atom is 0.413 e. The molecule has 3 N–H and O–H groups in total. The normalized spacial score (nSPS) is 11.8. The van der Waals surface area contributed by atoms with Gasteiger partial charge < -0.3 is 10.1 Å². The molecule has 5 nitrogen and oxygen atoms in total. The van der Waals surface area contributed by atoms with Gasteiger partial charge in [0.25, 0.3) is 5.91 Å². The van der Waals surface area contributed by atoms with Crippen LogP contribution in [0.3, 0.4) is 0 Å². The van der Waals surface area contributed by atoms with E-state index in [0.717, 1.165) is 12.0 Å². The number of quaternary nitrogens is 1. The smallest absolute Gasteiger partial charge is 0.413 e. The topological polar surface area (TPSA) is 72.0 Å². The zero-order chi connectivity index (χ0) is 18.1. The quantitative estimate of drug-likeness (QED) is 0.759. The fourth-order valence-electron chi connectivity index (χ4n) is 2.60. The number of methoxy groups -OCH3 is 1. The van der Waals surface area contributed by atoms with Crippen molar-refractivity contribution in [1.82, 2.24) is 5.32 Å². The predicted octanol–water partition coefficient (Wildman–Crippen LogP) is 2.63. The van der Waals surface area contributed by atoms with Gasteiger partial charge >= 0.3 is 6.09 Å². The Kier molecular flexibility index (Phi) is 7.63. The molecule has 0 unspecified atom stereocenters. The number of hydrogen-bond acceptors (Lipinski definition) is 4. The van der Waals surface area contributed by atoms with Crippen molar-refractivity contribution in [3.05, 3.63) is 57.8 Å². The number of unbranched alkanes of at least 4 members (excludes halogenated alkanes) is 1. The SMILES string of the molecule is CCCCc1ccc([C@@H]([NH2+]CC(=O)NC(=O)OC)c2cccs2)cc1. The lowest BCUT2D eigenvalue weighted by Gasteiger charge is -2.15. The van der Waals surface area contributed by atoms with Gasteiger partial charge in [-0.1, -0.05) is 43.7 Å². The molecular weight excluding hydrogens is 336 g/mol. The Labute approximate surface area is 152 Å². The van der Waals surface area contributed by atoms with Crippen LogP contribution in [0.4, 0.5) is 4.79 Å². The van der Waals surface area contributed by atoms with Crippen molar-refractivity contribution in [1.29, 1.82) is 0 Å². The van der Waals surface area contributed by atoms with Gasteiger partial charge in [-0.2, -0.15) is 0 Å². The van der Waals surface area contributed by atoms with Crippen LogP contribution in [0.5, 0.6) is 0 Å². The molecule has 0 aliphatic carbocycles. The third kappa shape index (κ3) is 5.99. The summed E-state index contributed by atoms with van der Waals surface area (Å²) in [7, 11) is 1.24. The molecule has 2 aromatic rings. The van der Waals surface area contributed by atoms with Crippen molar-refractivity contribution in [2.24, 2.45) is 0 Å². The molecule has 0 bridgehead atoms. The minimum Gasteiger partial charge on any atom is -0.453 e. The van der Waals surface area contributed by atoms with Gasteiger partial charge in [0.05, 0.1) is 12.0 Å². The van der Waals surface area contributed by atoms with Crippen molar-refractivity contribution >= 4 is 23.3 Å². The first-order chi connectivity index (χ1) is 12.1.